The predicted molar refractivity (Wildman–Crippen MR) is 41.0 cm³/mol. The summed E-state index contributed by atoms with van der Waals surface area (Å²) in [5, 5.41) is 0. The minimum atomic E-state index is -4.47. The molecule has 66 valence electrons. The van der Waals surface area contributed by atoms with Gasteiger partial charge in [-0.1, -0.05) is 22.5 Å². The van der Waals surface area contributed by atoms with Crippen molar-refractivity contribution in [3.8, 4) is 0 Å². The van der Waals surface area contributed by atoms with Gasteiger partial charge in [-0.05, 0) is 0 Å². The fourth-order valence-electron chi connectivity index (χ4n) is 0.242. The molecular formula is C4H6BrF2NO2S. The smallest absolute Gasteiger partial charge is 0.206 e. The Morgan fingerprint density at radius 1 is 1.64 bits per heavy atom. The number of rotatable bonds is 4. The molecule has 0 atom stereocenters. The van der Waals surface area contributed by atoms with Gasteiger partial charge >= 0.3 is 5.76 Å². The maximum atomic E-state index is 11.6. The van der Waals surface area contributed by atoms with Crippen LogP contribution in [0.1, 0.15) is 0 Å². The quantitative estimate of drug-likeness (QED) is 0.810. The zero-order valence-electron chi connectivity index (χ0n) is 5.35. The third kappa shape index (κ3) is 4.44. The highest BCUT2D eigenvalue weighted by Crippen LogP contribution is 2.04. The molecule has 0 heterocycles. The summed E-state index contributed by atoms with van der Waals surface area (Å²) in [6, 6.07) is 0. The Morgan fingerprint density at radius 3 is 2.36 bits per heavy atom. The lowest BCUT2D eigenvalue weighted by Gasteiger charge is -2.02. The first-order valence-electron chi connectivity index (χ1n) is 2.46. The Kier molecular flexibility index (Phi) is 4.12. The van der Waals surface area contributed by atoms with Crippen molar-refractivity contribution in [2.45, 2.75) is 5.76 Å². The number of hydrogen-bond acceptors (Lipinski definition) is 2. The molecule has 3 nitrogen and oxygen atoms in total. The Balaban J connectivity index is 4.05. The molecule has 0 aliphatic heterocycles. The molecule has 0 aromatic heterocycles. The maximum absolute atomic E-state index is 11.6. The van der Waals surface area contributed by atoms with Crippen molar-refractivity contribution in [2.75, 3.05) is 6.54 Å². The van der Waals surface area contributed by atoms with Crippen LogP contribution >= 0.6 is 15.9 Å². The zero-order chi connectivity index (χ0) is 9.07. The second-order valence-corrected chi connectivity index (χ2v) is 4.50. The Labute approximate surface area is 71.7 Å². The third-order valence-corrected chi connectivity index (χ3v) is 2.00. The number of nitrogens with one attached hydrogen (secondary N) is 1. The summed E-state index contributed by atoms with van der Waals surface area (Å²) in [5.41, 5.74) is 0. The first-order chi connectivity index (χ1) is 4.86. The lowest BCUT2D eigenvalue weighted by atomic mass is 10.7. The third-order valence-electron chi connectivity index (χ3n) is 0.700. The predicted octanol–water partition coefficient (Wildman–Crippen LogP) is 1.04. The Morgan fingerprint density at radius 2 is 2.09 bits per heavy atom. The summed E-state index contributed by atoms with van der Waals surface area (Å²) < 4.78 is 45.7. The molecule has 0 aromatic rings. The SMILES string of the molecule is C=C(Br)CNS(=O)(=O)C(F)F. The fourth-order valence-corrected chi connectivity index (χ4v) is 1.07. The van der Waals surface area contributed by atoms with E-state index in [1.54, 1.807) is 4.72 Å². The molecule has 0 aliphatic carbocycles. The minimum absolute atomic E-state index is 0.229. The van der Waals surface area contributed by atoms with Gasteiger partial charge < -0.3 is 0 Å². The van der Waals surface area contributed by atoms with Crippen LogP contribution in [0.25, 0.3) is 0 Å². The van der Waals surface area contributed by atoms with Crippen molar-refractivity contribution < 1.29 is 17.2 Å². The summed E-state index contributed by atoms with van der Waals surface area (Å²) in [5.74, 6) is -3.39. The van der Waals surface area contributed by atoms with Gasteiger partial charge in [0.2, 0.25) is 0 Å². The lowest BCUT2D eigenvalue weighted by Crippen LogP contribution is -2.30. The second kappa shape index (κ2) is 4.13. The number of sulfonamides is 1. The van der Waals surface area contributed by atoms with Crippen molar-refractivity contribution >= 4 is 26.0 Å². The van der Waals surface area contributed by atoms with Gasteiger partial charge in [0.25, 0.3) is 10.0 Å². The zero-order valence-corrected chi connectivity index (χ0v) is 7.75. The molecule has 0 unspecified atom stereocenters. The van der Waals surface area contributed by atoms with Crippen LogP contribution in [0.5, 0.6) is 0 Å². The topological polar surface area (TPSA) is 46.2 Å². The van der Waals surface area contributed by atoms with Crippen LogP contribution in [0, 0.1) is 0 Å². The standard InChI is InChI=1S/C4H6BrF2NO2S/c1-3(5)2-8-11(9,10)4(6)7/h4,8H,1-2H2. The molecule has 0 aromatic carbocycles. The molecular weight excluding hydrogens is 244 g/mol. The largest absolute Gasteiger partial charge is 0.350 e. The summed E-state index contributed by atoms with van der Waals surface area (Å²) in [6.07, 6.45) is 0. The monoisotopic (exact) mass is 249 g/mol. The van der Waals surface area contributed by atoms with Crippen LogP contribution in [-0.2, 0) is 10.0 Å². The Hall–Kier alpha value is -0.0100. The van der Waals surface area contributed by atoms with E-state index in [4.69, 9.17) is 0 Å². The van der Waals surface area contributed by atoms with E-state index >= 15 is 0 Å². The molecule has 1 N–H and O–H groups in total. The molecule has 0 saturated heterocycles. The molecule has 0 spiro atoms. The molecule has 7 heteroatoms. The van der Waals surface area contributed by atoms with Crippen molar-refractivity contribution in [1.29, 1.82) is 0 Å². The van der Waals surface area contributed by atoms with Crippen LogP contribution in [0.4, 0.5) is 8.78 Å². The van der Waals surface area contributed by atoms with Gasteiger partial charge in [0, 0.05) is 11.0 Å². The summed E-state index contributed by atoms with van der Waals surface area (Å²) in [7, 11) is -4.47. The van der Waals surface area contributed by atoms with Crippen LogP contribution < -0.4 is 4.72 Å². The molecule has 11 heavy (non-hydrogen) atoms. The van der Waals surface area contributed by atoms with Gasteiger partial charge in [-0.15, -0.1) is 0 Å². The lowest BCUT2D eigenvalue weighted by molar-refractivity contribution is 0.232. The first-order valence-corrected chi connectivity index (χ1v) is 4.80. The summed E-state index contributed by atoms with van der Waals surface area (Å²) in [4.78, 5) is 0. The van der Waals surface area contributed by atoms with Gasteiger partial charge in [0.1, 0.15) is 0 Å². The molecule has 0 bridgehead atoms. The normalized spacial score (nSPS) is 12.0. The van der Waals surface area contributed by atoms with Crippen molar-refractivity contribution in [3.05, 3.63) is 11.1 Å². The second-order valence-electron chi connectivity index (χ2n) is 1.64. The van der Waals surface area contributed by atoms with E-state index in [0.29, 0.717) is 4.48 Å². The Bertz CT molecular complexity index is 238. The van der Waals surface area contributed by atoms with E-state index in [2.05, 4.69) is 22.5 Å². The van der Waals surface area contributed by atoms with Gasteiger partial charge in [-0.2, -0.15) is 8.78 Å². The number of halogens is 3. The van der Waals surface area contributed by atoms with E-state index < -0.39 is 15.8 Å². The maximum Gasteiger partial charge on any atom is 0.350 e. The molecule has 0 fully saturated rings. The molecule has 0 aliphatic rings. The molecule has 0 rings (SSSR count). The van der Waals surface area contributed by atoms with Crippen LogP contribution in [0.2, 0.25) is 0 Å². The van der Waals surface area contributed by atoms with E-state index in [0.717, 1.165) is 0 Å². The van der Waals surface area contributed by atoms with Crippen molar-refractivity contribution in [1.82, 2.24) is 4.72 Å². The van der Waals surface area contributed by atoms with Crippen molar-refractivity contribution in [2.24, 2.45) is 0 Å². The van der Waals surface area contributed by atoms with Gasteiger partial charge in [-0.3, -0.25) is 0 Å². The number of hydrogen-bond donors (Lipinski definition) is 1. The summed E-state index contributed by atoms with van der Waals surface area (Å²) >= 11 is 2.81. The van der Waals surface area contributed by atoms with Gasteiger partial charge in [0.05, 0.1) is 0 Å². The van der Waals surface area contributed by atoms with Crippen molar-refractivity contribution in [3.63, 3.8) is 0 Å². The molecule has 0 saturated carbocycles. The van der Waals surface area contributed by atoms with E-state index in [9.17, 15) is 17.2 Å². The van der Waals surface area contributed by atoms with Gasteiger partial charge in [-0.25, -0.2) is 13.1 Å². The minimum Gasteiger partial charge on any atom is -0.206 e. The highest BCUT2D eigenvalue weighted by Gasteiger charge is 2.22. The molecule has 0 radical (unpaired) electrons. The van der Waals surface area contributed by atoms with E-state index in [-0.39, 0.29) is 6.54 Å². The van der Waals surface area contributed by atoms with E-state index in [1.165, 1.54) is 0 Å². The molecule has 0 amide bonds. The van der Waals surface area contributed by atoms with Crippen LogP contribution in [0.15, 0.2) is 11.1 Å². The number of alkyl halides is 2. The van der Waals surface area contributed by atoms with Crippen LogP contribution in [-0.4, -0.2) is 20.7 Å². The van der Waals surface area contributed by atoms with E-state index in [1.807, 2.05) is 0 Å². The fraction of sp³-hybridized carbons (Fsp3) is 0.500. The highest BCUT2D eigenvalue weighted by molar-refractivity contribution is 9.11. The van der Waals surface area contributed by atoms with Crippen LogP contribution in [0.3, 0.4) is 0 Å². The average molecular weight is 250 g/mol. The average Bonchev–Trinajstić information content (AvgIpc) is 1.84. The highest BCUT2D eigenvalue weighted by atomic mass is 79.9. The van der Waals surface area contributed by atoms with Gasteiger partial charge in [0.15, 0.2) is 0 Å². The summed E-state index contributed by atoms with van der Waals surface area (Å²) in [6.45, 7) is 3.03. The first kappa shape index (κ1) is 11.0.